The summed E-state index contributed by atoms with van der Waals surface area (Å²) in [6.45, 7) is 7.52. The van der Waals surface area contributed by atoms with E-state index in [2.05, 4.69) is 118 Å². The summed E-state index contributed by atoms with van der Waals surface area (Å²) < 4.78 is 17.3. The quantitative estimate of drug-likeness (QED) is 0.0348. The summed E-state index contributed by atoms with van der Waals surface area (Å²) in [7, 11) is 0. The van der Waals surface area contributed by atoms with Crippen molar-refractivity contribution in [2.24, 2.45) is 0 Å². The lowest BCUT2D eigenvalue weighted by atomic mass is 10.1. The van der Waals surface area contributed by atoms with Crippen molar-refractivity contribution in [3.8, 4) is 0 Å². The van der Waals surface area contributed by atoms with Gasteiger partial charge in [0.25, 0.3) is 0 Å². The maximum absolute atomic E-state index is 12.7. The summed E-state index contributed by atoms with van der Waals surface area (Å²) in [5, 5.41) is 0. The maximum Gasteiger partial charge on any atom is 0.306 e. The first-order chi connectivity index (χ1) is 29.6. The van der Waals surface area contributed by atoms with Crippen molar-refractivity contribution in [1.29, 1.82) is 0 Å². The zero-order chi connectivity index (χ0) is 43.5. The molecule has 0 spiro atoms. The number of hydrogen-bond acceptors (Lipinski definition) is 5. The third-order valence-corrected chi connectivity index (χ3v) is 10.1. The van der Waals surface area contributed by atoms with Crippen LogP contribution in [0.5, 0.6) is 0 Å². The number of esters is 2. The summed E-state index contributed by atoms with van der Waals surface area (Å²) in [5.74, 6) is -0.454. The molecular formula is C55H92O5. The van der Waals surface area contributed by atoms with Crippen LogP contribution in [0.1, 0.15) is 213 Å². The van der Waals surface area contributed by atoms with Crippen molar-refractivity contribution < 1.29 is 23.8 Å². The molecule has 0 heterocycles. The predicted octanol–water partition coefficient (Wildman–Crippen LogP) is 16.7. The van der Waals surface area contributed by atoms with Gasteiger partial charge in [-0.1, -0.05) is 182 Å². The van der Waals surface area contributed by atoms with Gasteiger partial charge in [0.15, 0.2) is 6.10 Å². The van der Waals surface area contributed by atoms with Gasteiger partial charge in [-0.05, 0) is 116 Å². The van der Waals surface area contributed by atoms with Crippen LogP contribution in [0.2, 0.25) is 0 Å². The van der Waals surface area contributed by atoms with Crippen LogP contribution in [-0.2, 0) is 23.8 Å². The van der Waals surface area contributed by atoms with Gasteiger partial charge in [-0.2, -0.15) is 0 Å². The highest BCUT2D eigenvalue weighted by atomic mass is 16.6. The number of unbranched alkanes of at least 4 members (excludes halogenated alkanes) is 17. The minimum Gasteiger partial charge on any atom is -0.462 e. The minimum atomic E-state index is -0.573. The Kier molecular flexibility index (Phi) is 47.5. The monoisotopic (exact) mass is 833 g/mol. The normalized spacial score (nSPS) is 13.1. The molecule has 0 aliphatic carbocycles. The first-order valence-corrected chi connectivity index (χ1v) is 24.8. The van der Waals surface area contributed by atoms with Crippen molar-refractivity contribution in [1.82, 2.24) is 0 Å². The SMILES string of the molecule is CC/C=C\C/C=C\C/C=C\C/C=C\C/C=C\CCCCOCC(COC(=O)CCCCCCC/C=C\C/C=C\CCCCC)OC(=O)CCCCCCC/C=C\CCCC. The van der Waals surface area contributed by atoms with Gasteiger partial charge in [-0.3, -0.25) is 9.59 Å². The summed E-state index contributed by atoms with van der Waals surface area (Å²) in [6, 6.07) is 0. The van der Waals surface area contributed by atoms with E-state index in [4.69, 9.17) is 14.2 Å². The summed E-state index contributed by atoms with van der Waals surface area (Å²) in [5.41, 5.74) is 0. The molecule has 0 aromatic carbocycles. The van der Waals surface area contributed by atoms with E-state index in [0.29, 0.717) is 19.4 Å². The zero-order valence-corrected chi connectivity index (χ0v) is 39.2. The van der Waals surface area contributed by atoms with Crippen molar-refractivity contribution in [2.75, 3.05) is 19.8 Å². The van der Waals surface area contributed by atoms with Gasteiger partial charge in [0.05, 0.1) is 6.61 Å². The van der Waals surface area contributed by atoms with Crippen LogP contribution in [0.15, 0.2) is 97.2 Å². The highest BCUT2D eigenvalue weighted by Gasteiger charge is 2.17. The first kappa shape index (κ1) is 56.8. The van der Waals surface area contributed by atoms with Gasteiger partial charge in [0, 0.05) is 19.4 Å². The van der Waals surface area contributed by atoms with Crippen LogP contribution in [0.25, 0.3) is 0 Å². The average molecular weight is 833 g/mol. The summed E-state index contributed by atoms with van der Waals surface area (Å²) >= 11 is 0. The second kappa shape index (κ2) is 50.2. The van der Waals surface area contributed by atoms with Crippen LogP contribution < -0.4 is 0 Å². The van der Waals surface area contributed by atoms with Gasteiger partial charge in [-0.25, -0.2) is 0 Å². The Morgan fingerprint density at radius 3 is 1.27 bits per heavy atom. The molecule has 1 unspecified atom stereocenters. The number of carbonyl (C=O) groups excluding carboxylic acids is 2. The molecule has 0 saturated heterocycles. The van der Waals surface area contributed by atoms with Gasteiger partial charge < -0.3 is 14.2 Å². The Morgan fingerprint density at radius 2 is 0.767 bits per heavy atom. The Hall–Kier alpha value is -3.18. The minimum absolute atomic E-state index is 0.0522. The molecule has 0 aromatic rings. The molecule has 0 rings (SSSR count). The highest BCUT2D eigenvalue weighted by molar-refractivity contribution is 5.70. The Bertz CT molecular complexity index is 1170. The standard InChI is InChI=1S/C55H92O5/c1-4-7-10-13-16-19-22-24-26-27-28-30-32-35-38-41-44-47-50-58-51-53(60-55(57)49-46-43-40-37-33-21-18-15-12-9-6-3)52-59-54(56)48-45-42-39-36-34-31-29-25-23-20-17-14-11-8-5-2/h7,10,15-20,24-26,28-30,35,38,53H,4-6,8-9,11-14,21-23,27,31-34,36-37,39-52H2,1-3H3/b10-7-,18-15-,19-16-,20-17-,26-24-,29-25-,30-28-,38-35-. The lowest BCUT2D eigenvalue weighted by Gasteiger charge is -2.18. The molecule has 0 aromatic heterocycles. The largest absolute Gasteiger partial charge is 0.462 e. The fourth-order valence-electron chi connectivity index (χ4n) is 6.37. The van der Waals surface area contributed by atoms with E-state index >= 15 is 0 Å². The van der Waals surface area contributed by atoms with Gasteiger partial charge in [0.1, 0.15) is 6.61 Å². The van der Waals surface area contributed by atoms with Crippen molar-refractivity contribution >= 4 is 11.9 Å². The fourth-order valence-corrected chi connectivity index (χ4v) is 6.37. The van der Waals surface area contributed by atoms with E-state index < -0.39 is 6.10 Å². The van der Waals surface area contributed by atoms with Gasteiger partial charge in [0.2, 0.25) is 0 Å². The average Bonchev–Trinajstić information content (AvgIpc) is 3.25. The van der Waals surface area contributed by atoms with Crippen LogP contribution in [0, 0.1) is 0 Å². The lowest BCUT2D eigenvalue weighted by Crippen LogP contribution is -2.30. The molecule has 0 radical (unpaired) electrons. The van der Waals surface area contributed by atoms with E-state index in [9.17, 15) is 9.59 Å². The molecule has 0 fully saturated rings. The smallest absolute Gasteiger partial charge is 0.306 e. The third-order valence-electron chi connectivity index (χ3n) is 10.1. The van der Waals surface area contributed by atoms with E-state index in [1.807, 2.05) is 0 Å². The third kappa shape index (κ3) is 47.5. The van der Waals surface area contributed by atoms with Crippen LogP contribution in [0.4, 0.5) is 0 Å². The van der Waals surface area contributed by atoms with Crippen molar-refractivity contribution in [3.63, 3.8) is 0 Å². The van der Waals surface area contributed by atoms with Crippen LogP contribution in [0.3, 0.4) is 0 Å². The lowest BCUT2D eigenvalue weighted by molar-refractivity contribution is -0.163. The molecule has 0 amide bonds. The first-order valence-electron chi connectivity index (χ1n) is 24.8. The van der Waals surface area contributed by atoms with Crippen LogP contribution in [-0.4, -0.2) is 37.9 Å². The summed E-state index contributed by atoms with van der Waals surface area (Å²) in [4.78, 5) is 25.3. The van der Waals surface area contributed by atoms with E-state index in [-0.39, 0.29) is 25.2 Å². The highest BCUT2D eigenvalue weighted by Crippen LogP contribution is 2.12. The van der Waals surface area contributed by atoms with E-state index in [1.54, 1.807) is 0 Å². The van der Waals surface area contributed by atoms with Gasteiger partial charge >= 0.3 is 11.9 Å². The van der Waals surface area contributed by atoms with Crippen molar-refractivity contribution in [3.05, 3.63) is 97.2 Å². The Morgan fingerprint density at radius 1 is 0.383 bits per heavy atom. The molecule has 0 bridgehead atoms. The summed E-state index contributed by atoms with van der Waals surface area (Å²) in [6.07, 6.45) is 67.0. The maximum atomic E-state index is 12.7. The Balaban J connectivity index is 4.38. The second-order valence-corrected chi connectivity index (χ2v) is 16.0. The number of hydrogen-bond donors (Lipinski definition) is 0. The molecule has 1 atom stereocenters. The van der Waals surface area contributed by atoms with E-state index in [0.717, 1.165) is 109 Å². The molecule has 0 N–H and O–H groups in total. The molecule has 5 heteroatoms. The molecule has 0 saturated carbocycles. The predicted molar refractivity (Wildman–Crippen MR) is 260 cm³/mol. The molecule has 0 aliphatic heterocycles. The molecule has 5 nitrogen and oxygen atoms in total. The number of rotatable bonds is 44. The molecule has 0 aliphatic rings. The van der Waals surface area contributed by atoms with Crippen LogP contribution >= 0.6 is 0 Å². The number of allylic oxidation sites excluding steroid dienone is 16. The molecule has 60 heavy (non-hydrogen) atoms. The Labute approximate surface area is 371 Å². The number of ether oxygens (including phenoxy) is 3. The van der Waals surface area contributed by atoms with Gasteiger partial charge in [-0.15, -0.1) is 0 Å². The fraction of sp³-hybridized carbons (Fsp3) is 0.673. The topological polar surface area (TPSA) is 61.8 Å². The molecule has 342 valence electrons. The second-order valence-electron chi connectivity index (χ2n) is 16.0. The molecular weight excluding hydrogens is 741 g/mol. The van der Waals surface area contributed by atoms with Crippen molar-refractivity contribution in [2.45, 2.75) is 219 Å². The van der Waals surface area contributed by atoms with E-state index in [1.165, 1.54) is 70.6 Å². The number of carbonyl (C=O) groups is 2. The zero-order valence-electron chi connectivity index (χ0n) is 39.2.